The van der Waals surface area contributed by atoms with Crippen LogP contribution in [0.3, 0.4) is 0 Å². The molecule has 0 aliphatic rings. The fourth-order valence-electron chi connectivity index (χ4n) is 2.12. The molecule has 102 valence electrons. The van der Waals surface area contributed by atoms with Gasteiger partial charge in [0.1, 0.15) is 12.4 Å². The lowest BCUT2D eigenvalue weighted by Crippen LogP contribution is -1.98. The van der Waals surface area contributed by atoms with E-state index in [4.69, 9.17) is 21.1 Å². The van der Waals surface area contributed by atoms with Gasteiger partial charge in [0.2, 0.25) is 0 Å². The highest BCUT2D eigenvalue weighted by Gasteiger charge is 2.14. The third kappa shape index (κ3) is 2.13. The summed E-state index contributed by atoms with van der Waals surface area (Å²) in [5.74, 6) is 1.80. The van der Waals surface area contributed by atoms with E-state index in [0.717, 1.165) is 11.3 Å². The molecule has 3 rings (SSSR count). The zero-order chi connectivity index (χ0) is 14.1. The second-order valence-electron chi connectivity index (χ2n) is 4.43. The Morgan fingerprint density at radius 3 is 2.90 bits per heavy atom. The molecule has 0 saturated heterocycles. The van der Waals surface area contributed by atoms with Gasteiger partial charge in [0, 0.05) is 17.4 Å². The SMILES string of the molecule is Cc1c(Cl)cccc1-n1ccnc1-c1ccc(CO)o1. The van der Waals surface area contributed by atoms with Crippen molar-refractivity contribution in [2.75, 3.05) is 0 Å². The number of aliphatic hydroxyl groups is 1. The second kappa shape index (κ2) is 5.15. The van der Waals surface area contributed by atoms with Crippen LogP contribution in [0.1, 0.15) is 11.3 Å². The molecule has 2 aromatic heterocycles. The lowest BCUT2D eigenvalue weighted by molar-refractivity contribution is 0.248. The van der Waals surface area contributed by atoms with Crippen LogP contribution in [0.5, 0.6) is 0 Å². The molecule has 0 radical (unpaired) electrons. The van der Waals surface area contributed by atoms with Gasteiger partial charge in [-0.2, -0.15) is 0 Å². The Kier molecular flexibility index (Phi) is 3.34. The lowest BCUT2D eigenvalue weighted by atomic mass is 10.2. The minimum atomic E-state index is -0.128. The van der Waals surface area contributed by atoms with Crippen molar-refractivity contribution in [3.8, 4) is 17.3 Å². The monoisotopic (exact) mass is 288 g/mol. The largest absolute Gasteiger partial charge is 0.455 e. The van der Waals surface area contributed by atoms with Crippen molar-refractivity contribution in [1.29, 1.82) is 0 Å². The van der Waals surface area contributed by atoms with Crippen molar-refractivity contribution in [1.82, 2.24) is 9.55 Å². The molecule has 5 heteroatoms. The molecule has 0 aliphatic carbocycles. The minimum absolute atomic E-state index is 0.128. The average molecular weight is 289 g/mol. The number of halogens is 1. The normalized spacial score (nSPS) is 10.9. The predicted molar refractivity (Wildman–Crippen MR) is 76.9 cm³/mol. The molecule has 0 spiro atoms. The third-order valence-corrected chi connectivity index (χ3v) is 3.59. The van der Waals surface area contributed by atoms with Crippen molar-refractivity contribution < 1.29 is 9.52 Å². The van der Waals surface area contributed by atoms with Crippen molar-refractivity contribution >= 4 is 11.6 Å². The van der Waals surface area contributed by atoms with E-state index in [2.05, 4.69) is 4.98 Å². The maximum Gasteiger partial charge on any atom is 0.180 e. The van der Waals surface area contributed by atoms with Crippen LogP contribution >= 0.6 is 11.6 Å². The maximum absolute atomic E-state index is 9.08. The highest BCUT2D eigenvalue weighted by Crippen LogP contribution is 2.27. The topological polar surface area (TPSA) is 51.2 Å². The highest BCUT2D eigenvalue weighted by molar-refractivity contribution is 6.31. The molecular weight excluding hydrogens is 276 g/mol. The molecule has 0 fully saturated rings. The number of hydrogen-bond donors (Lipinski definition) is 1. The van der Waals surface area contributed by atoms with E-state index in [1.165, 1.54) is 0 Å². The fourth-order valence-corrected chi connectivity index (χ4v) is 2.29. The molecule has 0 amide bonds. The summed E-state index contributed by atoms with van der Waals surface area (Å²) in [6, 6.07) is 9.26. The molecule has 0 aliphatic heterocycles. The van der Waals surface area contributed by atoms with E-state index in [0.29, 0.717) is 22.4 Å². The summed E-state index contributed by atoms with van der Waals surface area (Å²) in [4.78, 5) is 4.33. The Morgan fingerprint density at radius 1 is 1.30 bits per heavy atom. The van der Waals surface area contributed by atoms with Crippen molar-refractivity contribution in [3.63, 3.8) is 0 Å². The Balaban J connectivity index is 2.12. The van der Waals surface area contributed by atoms with Gasteiger partial charge in [-0.15, -0.1) is 0 Å². The summed E-state index contributed by atoms with van der Waals surface area (Å²) in [5, 5.41) is 9.78. The minimum Gasteiger partial charge on any atom is -0.455 e. The Morgan fingerprint density at radius 2 is 2.15 bits per heavy atom. The molecule has 0 bridgehead atoms. The molecule has 3 aromatic rings. The average Bonchev–Trinajstić information content (AvgIpc) is 3.09. The van der Waals surface area contributed by atoms with Crippen LogP contribution in [0.15, 0.2) is 47.1 Å². The number of hydrogen-bond acceptors (Lipinski definition) is 3. The van der Waals surface area contributed by atoms with Crippen LogP contribution in [0.2, 0.25) is 5.02 Å². The van der Waals surface area contributed by atoms with E-state index in [-0.39, 0.29) is 6.61 Å². The van der Waals surface area contributed by atoms with E-state index in [9.17, 15) is 0 Å². The van der Waals surface area contributed by atoms with Crippen LogP contribution in [-0.4, -0.2) is 14.7 Å². The van der Waals surface area contributed by atoms with Gasteiger partial charge in [0.25, 0.3) is 0 Å². The van der Waals surface area contributed by atoms with Gasteiger partial charge < -0.3 is 9.52 Å². The summed E-state index contributed by atoms with van der Waals surface area (Å²) >= 11 is 6.17. The van der Waals surface area contributed by atoms with Crippen molar-refractivity contribution in [2.24, 2.45) is 0 Å². The molecule has 20 heavy (non-hydrogen) atoms. The first-order valence-electron chi connectivity index (χ1n) is 6.19. The zero-order valence-corrected chi connectivity index (χ0v) is 11.6. The van der Waals surface area contributed by atoms with E-state index < -0.39 is 0 Å². The highest BCUT2D eigenvalue weighted by atomic mass is 35.5. The number of rotatable bonds is 3. The summed E-state index contributed by atoms with van der Waals surface area (Å²) in [6.07, 6.45) is 3.56. The summed E-state index contributed by atoms with van der Waals surface area (Å²) in [7, 11) is 0. The molecule has 1 N–H and O–H groups in total. The van der Waals surface area contributed by atoms with Crippen LogP contribution in [0, 0.1) is 6.92 Å². The smallest absolute Gasteiger partial charge is 0.180 e. The van der Waals surface area contributed by atoms with Crippen LogP contribution in [-0.2, 0) is 6.61 Å². The molecular formula is C15H13ClN2O2. The first kappa shape index (κ1) is 13.0. The summed E-state index contributed by atoms with van der Waals surface area (Å²) in [6.45, 7) is 1.83. The number of imidazole rings is 1. The van der Waals surface area contributed by atoms with Crippen LogP contribution < -0.4 is 0 Å². The summed E-state index contributed by atoms with van der Waals surface area (Å²) in [5.41, 5.74) is 1.93. The Bertz CT molecular complexity index is 746. The molecule has 1 aromatic carbocycles. The maximum atomic E-state index is 9.08. The third-order valence-electron chi connectivity index (χ3n) is 3.18. The molecule has 0 saturated carbocycles. The van der Waals surface area contributed by atoms with Crippen molar-refractivity contribution in [3.05, 3.63) is 59.1 Å². The van der Waals surface area contributed by atoms with Crippen LogP contribution in [0.4, 0.5) is 0 Å². The Hall–Kier alpha value is -2.04. The zero-order valence-electron chi connectivity index (χ0n) is 10.9. The second-order valence-corrected chi connectivity index (χ2v) is 4.84. The quantitative estimate of drug-likeness (QED) is 0.801. The molecule has 0 unspecified atom stereocenters. The predicted octanol–water partition coefficient (Wildman–Crippen LogP) is 3.59. The van der Waals surface area contributed by atoms with Gasteiger partial charge in [0.15, 0.2) is 11.6 Å². The first-order chi connectivity index (χ1) is 9.70. The van der Waals surface area contributed by atoms with Gasteiger partial charge in [-0.1, -0.05) is 17.7 Å². The number of benzene rings is 1. The van der Waals surface area contributed by atoms with Gasteiger partial charge in [-0.25, -0.2) is 4.98 Å². The molecule has 2 heterocycles. The van der Waals surface area contributed by atoms with E-state index in [1.807, 2.05) is 35.9 Å². The molecule has 4 nitrogen and oxygen atoms in total. The van der Waals surface area contributed by atoms with Gasteiger partial charge >= 0.3 is 0 Å². The van der Waals surface area contributed by atoms with Gasteiger partial charge in [-0.3, -0.25) is 4.57 Å². The molecule has 0 atom stereocenters. The number of furan rings is 1. The number of aromatic nitrogens is 2. The van der Waals surface area contributed by atoms with Crippen molar-refractivity contribution in [2.45, 2.75) is 13.5 Å². The van der Waals surface area contributed by atoms with Crippen LogP contribution in [0.25, 0.3) is 17.3 Å². The number of nitrogens with zero attached hydrogens (tertiary/aromatic N) is 2. The first-order valence-corrected chi connectivity index (χ1v) is 6.57. The van der Waals surface area contributed by atoms with E-state index in [1.54, 1.807) is 18.3 Å². The van der Waals surface area contributed by atoms with Gasteiger partial charge in [0.05, 0.1) is 5.69 Å². The standard InChI is InChI=1S/C15H13ClN2O2/c1-10-12(16)3-2-4-13(10)18-8-7-17-15(18)14-6-5-11(9-19)20-14/h2-8,19H,9H2,1H3. The fraction of sp³-hybridized carbons (Fsp3) is 0.133. The lowest BCUT2D eigenvalue weighted by Gasteiger charge is -2.10. The Labute approximate surface area is 121 Å². The summed E-state index contributed by atoms with van der Waals surface area (Å²) < 4.78 is 7.46. The number of aliphatic hydroxyl groups excluding tert-OH is 1. The van der Waals surface area contributed by atoms with E-state index >= 15 is 0 Å². The van der Waals surface area contributed by atoms with Gasteiger partial charge in [-0.05, 0) is 36.8 Å².